The zero-order valence-corrected chi connectivity index (χ0v) is 12.9. The summed E-state index contributed by atoms with van der Waals surface area (Å²) in [6.45, 7) is 3.55. The Kier molecular flexibility index (Phi) is 7.38. The van der Waals surface area contributed by atoms with Crippen molar-refractivity contribution in [2.75, 3.05) is 28.4 Å². The van der Waals surface area contributed by atoms with Crippen LogP contribution < -0.4 is 0 Å². The predicted molar refractivity (Wildman–Crippen MR) is 70.9 cm³/mol. The second kappa shape index (κ2) is 7.96. The van der Waals surface area contributed by atoms with Gasteiger partial charge in [-0.25, -0.2) is 0 Å². The molecule has 116 valence electrons. The summed E-state index contributed by atoms with van der Waals surface area (Å²) in [7, 11) is 5.56. The Balaban J connectivity index is 4.96. The van der Waals surface area contributed by atoms with Gasteiger partial charge in [0.05, 0.1) is 13.2 Å². The number of esters is 1. The Hall–Kier alpha value is -1.47. The molecule has 0 saturated carbocycles. The molecule has 0 aromatic heterocycles. The fourth-order valence-electron chi connectivity index (χ4n) is 1.96. The van der Waals surface area contributed by atoms with Gasteiger partial charge in [-0.1, -0.05) is 6.92 Å². The number of carbonyl (C=O) groups is 3. The number of amides is 1. The summed E-state index contributed by atoms with van der Waals surface area (Å²) in [6.07, 6.45) is -0.0878. The molecule has 0 heterocycles. The fourth-order valence-corrected chi connectivity index (χ4v) is 1.96. The van der Waals surface area contributed by atoms with E-state index >= 15 is 0 Å². The lowest BCUT2D eigenvalue weighted by atomic mass is 10.0. The molecule has 0 N–H and O–H groups in total. The van der Waals surface area contributed by atoms with Gasteiger partial charge in [0.15, 0.2) is 5.79 Å². The zero-order valence-electron chi connectivity index (χ0n) is 12.9. The van der Waals surface area contributed by atoms with Crippen LogP contribution in [0.15, 0.2) is 0 Å². The van der Waals surface area contributed by atoms with Crippen molar-refractivity contribution in [3.05, 3.63) is 0 Å². The lowest BCUT2D eigenvalue weighted by Gasteiger charge is -2.40. The van der Waals surface area contributed by atoms with Gasteiger partial charge in [0.1, 0.15) is 6.42 Å². The molecular weight excluding hydrogens is 266 g/mol. The van der Waals surface area contributed by atoms with Crippen molar-refractivity contribution in [3.63, 3.8) is 0 Å². The Bertz CT molecular complexity index is 356. The van der Waals surface area contributed by atoms with Crippen molar-refractivity contribution >= 4 is 17.7 Å². The molecule has 20 heavy (non-hydrogen) atoms. The van der Waals surface area contributed by atoms with Crippen molar-refractivity contribution in [2.24, 2.45) is 0 Å². The van der Waals surface area contributed by atoms with Crippen molar-refractivity contribution in [1.29, 1.82) is 0 Å². The van der Waals surface area contributed by atoms with Crippen molar-refractivity contribution in [1.82, 2.24) is 4.90 Å². The number of ether oxygens (including phenoxy) is 3. The molecule has 7 heteroatoms. The molecule has 0 aromatic rings. The molecule has 1 unspecified atom stereocenters. The first kappa shape index (κ1) is 18.5. The summed E-state index contributed by atoms with van der Waals surface area (Å²) in [6, 6.07) is -0.503. The van der Waals surface area contributed by atoms with Gasteiger partial charge < -0.3 is 19.1 Å². The predicted octanol–water partition coefficient (Wildman–Crippen LogP) is 0.365. The number of likely N-dealkylation sites (N-methyl/N-ethyl adjacent to an activating group) is 1. The van der Waals surface area contributed by atoms with Crippen LogP contribution in [0.2, 0.25) is 0 Å². The largest absolute Gasteiger partial charge is 0.469 e. The van der Waals surface area contributed by atoms with Crippen molar-refractivity contribution in [3.8, 4) is 0 Å². The Morgan fingerprint density at radius 2 is 1.65 bits per heavy atom. The molecule has 0 aliphatic heterocycles. The highest BCUT2D eigenvalue weighted by molar-refractivity contribution is 6.38. The van der Waals surface area contributed by atoms with Crippen LogP contribution in [0.5, 0.6) is 0 Å². The van der Waals surface area contributed by atoms with E-state index in [0.717, 1.165) is 7.11 Å². The normalized spacial score (nSPS) is 12.7. The van der Waals surface area contributed by atoms with Gasteiger partial charge >= 0.3 is 5.97 Å². The van der Waals surface area contributed by atoms with E-state index in [0.29, 0.717) is 6.42 Å². The molecule has 1 amide bonds. The second-order valence-corrected chi connectivity index (χ2v) is 4.34. The maximum absolute atomic E-state index is 12.0. The number of Topliss-reactive ketones (excluding diaryl/α,β-unsaturated/α-hetero) is 1. The van der Waals surface area contributed by atoms with Gasteiger partial charge in [0.25, 0.3) is 5.91 Å². The van der Waals surface area contributed by atoms with E-state index in [2.05, 4.69) is 4.74 Å². The third kappa shape index (κ3) is 4.01. The molecule has 0 fully saturated rings. The molecule has 0 bridgehead atoms. The van der Waals surface area contributed by atoms with E-state index in [1.54, 1.807) is 6.92 Å². The molecule has 1 atom stereocenters. The van der Waals surface area contributed by atoms with E-state index in [1.165, 1.54) is 26.2 Å². The van der Waals surface area contributed by atoms with Crippen LogP contribution in [0, 0.1) is 0 Å². The van der Waals surface area contributed by atoms with E-state index in [-0.39, 0.29) is 0 Å². The first-order valence-electron chi connectivity index (χ1n) is 6.26. The average molecular weight is 289 g/mol. The maximum Gasteiger partial charge on any atom is 0.313 e. The fraction of sp³-hybridized carbons (Fsp3) is 0.769. The van der Waals surface area contributed by atoms with Crippen LogP contribution in [-0.2, 0) is 28.6 Å². The summed E-state index contributed by atoms with van der Waals surface area (Å²) >= 11 is 0. The molecule has 0 saturated heterocycles. The third-order valence-electron chi connectivity index (χ3n) is 3.49. The average Bonchev–Trinajstić information content (AvgIpc) is 2.47. The van der Waals surface area contributed by atoms with Crippen LogP contribution in [0.25, 0.3) is 0 Å². The van der Waals surface area contributed by atoms with Gasteiger partial charge in [0, 0.05) is 27.7 Å². The molecule has 0 aromatic carbocycles. The van der Waals surface area contributed by atoms with E-state index in [4.69, 9.17) is 9.47 Å². The summed E-state index contributed by atoms with van der Waals surface area (Å²) in [5.74, 6) is -3.36. The first-order chi connectivity index (χ1) is 9.29. The number of methoxy groups -OCH3 is 3. The summed E-state index contributed by atoms with van der Waals surface area (Å²) in [5.41, 5.74) is 0. The SMILES string of the molecule is CCC(OC)(OC)C(C)N(C)C(=O)C(=O)CC(=O)OC. The number of carbonyl (C=O) groups excluding carboxylic acids is 3. The minimum Gasteiger partial charge on any atom is -0.469 e. The van der Waals surface area contributed by atoms with E-state index in [1.807, 2.05) is 6.92 Å². The number of nitrogens with zero attached hydrogens (tertiary/aromatic N) is 1. The van der Waals surface area contributed by atoms with E-state index in [9.17, 15) is 14.4 Å². The first-order valence-corrected chi connectivity index (χ1v) is 6.26. The highest BCUT2D eigenvalue weighted by Crippen LogP contribution is 2.24. The molecule has 0 rings (SSSR count). The van der Waals surface area contributed by atoms with E-state index < -0.39 is 35.9 Å². The van der Waals surface area contributed by atoms with Gasteiger partial charge in [-0.15, -0.1) is 0 Å². The summed E-state index contributed by atoms with van der Waals surface area (Å²) < 4.78 is 15.0. The molecular formula is C13H23NO6. The molecule has 0 aliphatic carbocycles. The topological polar surface area (TPSA) is 82.1 Å². The number of hydrogen-bond acceptors (Lipinski definition) is 6. The molecule has 0 spiro atoms. The second-order valence-electron chi connectivity index (χ2n) is 4.34. The minimum atomic E-state index is -1.00. The monoisotopic (exact) mass is 289 g/mol. The van der Waals surface area contributed by atoms with Crippen LogP contribution in [-0.4, -0.2) is 62.8 Å². The smallest absolute Gasteiger partial charge is 0.313 e. The maximum atomic E-state index is 12.0. The van der Waals surface area contributed by atoms with Crippen molar-refractivity contribution in [2.45, 2.75) is 38.5 Å². The van der Waals surface area contributed by atoms with Gasteiger partial charge in [-0.3, -0.25) is 14.4 Å². The van der Waals surface area contributed by atoms with Crippen LogP contribution >= 0.6 is 0 Å². The number of ketones is 1. The van der Waals surface area contributed by atoms with Gasteiger partial charge in [-0.05, 0) is 6.92 Å². The highest BCUT2D eigenvalue weighted by atomic mass is 16.7. The van der Waals surface area contributed by atoms with Crippen LogP contribution in [0.1, 0.15) is 26.7 Å². The molecule has 0 radical (unpaired) electrons. The lowest BCUT2D eigenvalue weighted by Crippen LogP contribution is -2.55. The van der Waals surface area contributed by atoms with Gasteiger partial charge in [-0.2, -0.15) is 0 Å². The Morgan fingerprint density at radius 1 is 1.15 bits per heavy atom. The Labute approximate surface area is 119 Å². The van der Waals surface area contributed by atoms with Crippen molar-refractivity contribution < 1.29 is 28.6 Å². The quantitative estimate of drug-likeness (QED) is 0.278. The number of rotatable bonds is 8. The minimum absolute atomic E-state index is 0.490. The Morgan fingerprint density at radius 3 is 2.00 bits per heavy atom. The van der Waals surface area contributed by atoms with Crippen LogP contribution in [0.3, 0.4) is 0 Å². The van der Waals surface area contributed by atoms with Crippen LogP contribution in [0.4, 0.5) is 0 Å². The van der Waals surface area contributed by atoms with Gasteiger partial charge in [0.2, 0.25) is 5.78 Å². The highest BCUT2D eigenvalue weighted by Gasteiger charge is 2.40. The summed E-state index contributed by atoms with van der Waals surface area (Å²) in [4.78, 5) is 35.9. The number of hydrogen-bond donors (Lipinski definition) is 0. The molecule has 0 aliphatic rings. The summed E-state index contributed by atoms with van der Waals surface area (Å²) in [5, 5.41) is 0. The molecule has 7 nitrogen and oxygen atoms in total. The third-order valence-corrected chi connectivity index (χ3v) is 3.49. The standard InChI is InChI=1S/C13H23NO6/c1-7-13(19-5,20-6)9(2)14(3)12(17)10(15)8-11(16)18-4/h9H,7-8H2,1-6H3. The lowest BCUT2D eigenvalue weighted by molar-refractivity contribution is -0.238. The zero-order chi connectivity index (χ0) is 15.9.